The van der Waals surface area contributed by atoms with E-state index in [4.69, 9.17) is 4.74 Å². The van der Waals surface area contributed by atoms with Crippen molar-refractivity contribution < 1.29 is 4.74 Å². The van der Waals surface area contributed by atoms with Crippen LogP contribution < -0.4 is 0 Å². The SMILES string of the molecule is CCC(C)CCC(C)(CC(C1CCCC1)C1CCCC1)OC(C)(CCC(C)CC)CC(C1CCCC1)C1CCCC1. The molecule has 41 heavy (non-hydrogen) atoms. The van der Waals surface area contributed by atoms with Gasteiger partial charge in [0.1, 0.15) is 0 Å². The van der Waals surface area contributed by atoms with Crippen LogP contribution in [0.2, 0.25) is 0 Å². The topological polar surface area (TPSA) is 9.23 Å². The van der Waals surface area contributed by atoms with Crippen LogP contribution in [-0.2, 0) is 4.74 Å². The van der Waals surface area contributed by atoms with Crippen LogP contribution in [-0.4, -0.2) is 11.2 Å². The summed E-state index contributed by atoms with van der Waals surface area (Å²) in [4.78, 5) is 0. The van der Waals surface area contributed by atoms with Gasteiger partial charge in [0.05, 0.1) is 11.2 Å². The van der Waals surface area contributed by atoms with Crippen molar-refractivity contribution in [2.24, 2.45) is 47.3 Å². The van der Waals surface area contributed by atoms with Crippen LogP contribution in [0.25, 0.3) is 0 Å². The molecule has 4 unspecified atom stereocenters. The molecule has 1 heteroatoms. The van der Waals surface area contributed by atoms with Crippen molar-refractivity contribution in [3.63, 3.8) is 0 Å². The molecule has 0 saturated heterocycles. The van der Waals surface area contributed by atoms with Crippen molar-refractivity contribution in [2.75, 3.05) is 0 Å². The van der Waals surface area contributed by atoms with Gasteiger partial charge in [-0.15, -0.1) is 0 Å². The Bertz CT molecular complexity index is 614. The first-order chi connectivity index (χ1) is 19.7. The van der Waals surface area contributed by atoms with Crippen molar-refractivity contribution >= 4 is 0 Å². The monoisotopic (exact) mass is 571 g/mol. The van der Waals surface area contributed by atoms with Crippen LogP contribution in [0, 0.1) is 47.3 Å². The molecule has 1 nitrogen and oxygen atoms in total. The Kier molecular flexibility index (Phi) is 13.5. The average Bonchev–Trinajstić information content (AvgIpc) is 3.79. The van der Waals surface area contributed by atoms with Crippen molar-refractivity contribution in [3.8, 4) is 0 Å². The summed E-state index contributed by atoms with van der Waals surface area (Å²) in [5.74, 6) is 7.32. The largest absolute Gasteiger partial charge is 0.369 e. The summed E-state index contributed by atoms with van der Waals surface area (Å²) in [6, 6.07) is 0. The Labute approximate surface area is 258 Å². The standard InChI is InChI=1S/C40H74O/c1-7-31(3)25-27-39(5,29-37(33-17-9-10-18-33)34-19-11-12-20-34)41-40(6,28-26-32(4)8-2)30-38(35-21-13-14-22-35)36-23-15-16-24-36/h31-38H,7-30H2,1-6H3. The van der Waals surface area contributed by atoms with Crippen LogP contribution in [0.5, 0.6) is 0 Å². The summed E-state index contributed by atoms with van der Waals surface area (Å²) in [6.07, 6.45) is 34.4. The fourth-order valence-corrected chi connectivity index (χ4v) is 10.5. The molecule has 0 aromatic carbocycles. The van der Waals surface area contributed by atoms with Gasteiger partial charge in [-0.05, 0) is 99.7 Å². The van der Waals surface area contributed by atoms with E-state index in [0.717, 1.165) is 47.3 Å². The molecule has 0 spiro atoms. The molecule has 4 rings (SSSR count). The van der Waals surface area contributed by atoms with Gasteiger partial charge in [0, 0.05) is 0 Å². The summed E-state index contributed by atoms with van der Waals surface area (Å²) in [6.45, 7) is 15.0. The number of hydrogen-bond donors (Lipinski definition) is 0. The Morgan fingerprint density at radius 3 is 1.02 bits per heavy atom. The Morgan fingerprint density at radius 1 is 0.512 bits per heavy atom. The molecule has 4 atom stereocenters. The highest BCUT2D eigenvalue weighted by molar-refractivity contribution is 4.95. The molecule has 4 saturated carbocycles. The second-order valence-electron chi connectivity index (χ2n) is 17.0. The van der Waals surface area contributed by atoms with Crippen LogP contribution in [0.1, 0.15) is 196 Å². The highest BCUT2D eigenvalue weighted by Gasteiger charge is 2.45. The molecule has 240 valence electrons. The van der Waals surface area contributed by atoms with Gasteiger partial charge < -0.3 is 4.74 Å². The highest BCUT2D eigenvalue weighted by atomic mass is 16.5. The molecule has 0 aromatic rings. The lowest BCUT2D eigenvalue weighted by Gasteiger charge is -2.47. The van der Waals surface area contributed by atoms with Gasteiger partial charge in [0.25, 0.3) is 0 Å². The summed E-state index contributed by atoms with van der Waals surface area (Å²) < 4.78 is 7.91. The van der Waals surface area contributed by atoms with E-state index in [1.54, 1.807) is 0 Å². The molecule has 0 heterocycles. The lowest BCUT2D eigenvalue weighted by atomic mass is 9.70. The molecule has 4 fully saturated rings. The Balaban J connectivity index is 1.60. The van der Waals surface area contributed by atoms with E-state index in [2.05, 4.69) is 41.5 Å². The van der Waals surface area contributed by atoms with Gasteiger partial charge in [-0.2, -0.15) is 0 Å². The molecular formula is C40H74O. The van der Waals surface area contributed by atoms with Crippen LogP contribution in [0.3, 0.4) is 0 Å². The zero-order valence-corrected chi connectivity index (χ0v) is 29.0. The number of rotatable bonds is 18. The maximum Gasteiger partial charge on any atom is 0.0664 e. The third-order valence-electron chi connectivity index (χ3n) is 13.6. The van der Waals surface area contributed by atoms with Gasteiger partial charge in [0.15, 0.2) is 0 Å². The third-order valence-corrected chi connectivity index (χ3v) is 13.6. The third kappa shape index (κ3) is 9.98. The van der Waals surface area contributed by atoms with Crippen molar-refractivity contribution in [1.82, 2.24) is 0 Å². The summed E-state index contributed by atoms with van der Waals surface area (Å²) in [5.41, 5.74) is 0.0543. The molecule has 0 radical (unpaired) electrons. The van der Waals surface area contributed by atoms with Crippen LogP contribution in [0.15, 0.2) is 0 Å². The molecular weight excluding hydrogens is 496 g/mol. The molecule has 0 aromatic heterocycles. The molecule has 4 aliphatic rings. The van der Waals surface area contributed by atoms with E-state index in [9.17, 15) is 0 Å². The first kappa shape index (κ1) is 33.8. The van der Waals surface area contributed by atoms with E-state index in [-0.39, 0.29) is 11.2 Å². The number of ether oxygens (including phenoxy) is 1. The first-order valence-electron chi connectivity index (χ1n) is 19.4. The predicted molar refractivity (Wildman–Crippen MR) is 179 cm³/mol. The van der Waals surface area contributed by atoms with E-state index in [0.29, 0.717) is 0 Å². The predicted octanol–water partition coefficient (Wildman–Crippen LogP) is 12.9. The smallest absolute Gasteiger partial charge is 0.0664 e. The van der Waals surface area contributed by atoms with Gasteiger partial charge >= 0.3 is 0 Å². The van der Waals surface area contributed by atoms with Gasteiger partial charge in [-0.25, -0.2) is 0 Å². The van der Waals surface area contributed by atoms with Crippen LogP contribution >= 0.6 is 0 Å². The molecule has 4 aliphatic carbocycles. The second-order valence-corrected chi connectivity index (χ2v) is 17.0. The molecule has 0 aliphatic heterocycles. The lowest BCUT2D eigenvalue weighted by molar-refractivity contribution is -0.176. The maximum absolute atomic E-state index is 7.91. The minimum atomic E-state index is 0.0272. The zero-order valence-electron chi connectivity index (χ0n) is 29.0. The number of hydrogen-bond acceptors (Lipinski definition) is 1. The van der Waals surface area contributed by atoms with Gasteiger partial charge in [-0.3, -0.25) is 0 Å². The first-order valence-corrected chi connectivity index (χ1v) is 19.4. The van der Waals surface area contributed by atoms with E-state index in [1.165, 1.54) is 154 Å². The molecule has 0 amide bonds. The normalized spacial score (nSPS) is 26.3. The summed E-state index contributed by atoms with van der Waals surface area (Å²) in [7, 11) is 0. The maximum atomic E-state index is 7.91. The van der Waals surface area contributed by atoms with E-state index < -0.39 is 0 Å². The van der Waals surface area contributed by atoms with Crippen molar-refractivity contribution in [3.05, 3.63) is 0 Å². The Hall–Kier alpha value is -0.0400. The Morgan fingerprint density at radius 2 is 0.780 bits per heavy atom. The molecule has 0 bridgehead atoms. The van der Waals surface area contributed by atoms with E-state index >= 15 is 0 Å². The summed E-state index contributed by atoms with van der Waals surface area (Å²) >= 11 is 0. The quantitative estimate of drug-likeness (QED) is 0.159. The minimum absolute atomic E-state index is 0.0272. The lowest BCUT2D eigenvalue weighted by Crippen LogP contribution is -2.46. The summed E-state index contributed by atoms with van der Waals surface area (Å²) in [5, 5.41) is 0. The van der Waals surface area contributed by atoms with Crippen molar-refractivity contribution in [1.29, 1.82) is 0 Å². The second kappa shape index (κ2) is 16.3. The zero-order chi connectivity index (χ0) is 29.3. The molecule has 0 N–H and O–H groups in total. The van der Waals surface area contributed by atoms with Gasteiger partial charge in [-0.1, -0.05) is 143 Å². The van der Waals surface area contributed by atoms with Gasteiger partial charge in [0.2, 0.25) is 0 Å². The minimum Gasteiger partial charge on any atom is -0.369 e. The highest BCUT2D eigenvalue weighted by Crippen LogP contribution is 2.51. The van der Waals surface area contributed by atoms with Crippen LogP contribution in [0.4, 0.5) is 0 Å². The fraction of sp³-hybridized carbons (Fsp3) is 1.00. The van der Waals surface area contributed by atoms with E-state index in [1.807, 2.05) is 0 Å². The average molecular weight is 571 g/mol. The van der Waals surface area contributed by atoms with Crippen molar-refractivity contribution in [2.45, 2.75) is 207 Å². The fourth-order valence-electron chi connectivity index (χ4n) is 10.5.